The first kappa shape index (κ1) is 14.7. The van der Waals surface area contributed by atoms with Gasteiger partial charge in [-0.1, -0.05) is 0 Å². The summed E-state index contributed by atoms with van der Waals surface area (Å²) in [5, 5.41) is 8.35. The number of hydrogen-bond donors (Lipinski definition) is 1. The van der Waals surface area contributed by atoms with Crippen LogP contribution in [0.1, 0.15) is 0 Å². The van der Waals surface area contributed by atoms with Gasteiger partial charge in [-0.05, 0) is 24.3 Å². The van der Waals surface area contributed by atoms with Crippen LogP contribution in [0.3, 0.4) is 0 Å². The Labute approximate surface area is 110 Å². The van der Waals surface area contributed by atoms with E-state index in [-0.39, 0.29) is 0 Å². The molecule has 0 spiro atoms. The van der Waals surface area contributed by atoms with E-state index in [0.717, 1.165) is 6.08 Å². The zero-order chi connectivity index (χ0) is 14.1. The number of carboxylic acids is 1. The van der Waals surface area contributed by atoms with Gasteiger partial charge in [-0.2, -0.15) is 0 Å². The van der Waals surface area contributed by atoms with Gasteiger partial charge in [-0.25, -0.2) is 9.59 Å². The first-order valence-electron chi connectivity index (χ1n) is 5.46. The van der Waals surface area contributed by atoms with E-state index in [1.165, 1.54) is 0 Å². The lowest BCUT2D eigenvalue weighted by atomic mass is 10.3. The van der Waals surface area contributed by atoms with Gasteiger partial charge in [0.1, 0.15) is 18.1 Å². The van der Waals surface area contributed by atoms with Crippen LogP contribution in [0.15, 0.2) is 36.4 Å². The van der Waals surface area contributed by atoms with Gasteiger partial charge in [0.2, 0.25) is 0 Å². The summed E-state index contributed by atoms with van der Waals surface area (Å²) in [6.45, 7) is 0.910. The highest BCUT2D eigenvalue weighted by molar-refractivity contribution is 5.91. The molecule has 0 radical (unpaired) electrons. The van der Waals surface area contributed by atoms with Crippen LogP contribution in [0.25, 0.3) is 0 Å². The van der Waals surface area contributed by atoms with Crippen LogP contribution in [0, 0.1) is 0 Å². The topological polar surface area (TPSA) is 82.1 Å². The standard InChI is InChI=1S/C13H14O6/c1-17-8-9-18-10-2-4-11(5-3-10)19-13(16)7-6-12(14)15/h2-7H,8-9H2,1H3,(H,14,15)/b7-6+. The summed E-state index contributed by atoms with van der Waals surface area (Å²) >= 11 is 0. The first-order chi connectivity index (χ1) is 9.11. The number of carbonyl (C=O) groups excluding carboxylic acids is 1. The van der Waals surface area contributed by atoms with Crippen LogP contribution in [0.4, 0.5) is 0 Å². The monoisotopic (exact) mass is 266 g/mol. The molecule has 0 unspecified atom stereocenters. The van der Waals surface area contributed by atoms with Crippen molar-refractivity contribution >= 4 is 11.9 Å². The molecule has 19 heavy (non-hydrogen) atoms. The first-order valence-corrected chi connectivity index (χ1v) is 5.46. The predicted octanol–water partition coefficient (Wildman–Crippen LogP) is 1.26. The molecular formula is C13H14O6. The molecule has 1 aromatic carbocycles. The number of methoxy groups -OCH3 is 1. The van der Waals surface area contributed by atoms with Crippen molar-refractivity contribution < 1.29 is 28.9 Å². The molecule has 102 valence electrons. The number of aliphatic carboxylic acids is 1. The average Bonchev–Trinajstić information content (AvgIpc) is 2.39. The lowest BCUT2D eigenvalue weighted by molar-refractivity contribution is -0.133. The Morgan fingerprint density at radius 3 is 2.32 bits per heavy atom. The average molecular weight is 266 g/mol. The van der Waals surface area contributed by atoms with E-state index in [0.29, 0.717) is 30.8 Å². The molecule has 0 aliphatic heterocycles. The Morgan fingerprint density at radius 2 is 1.74 bits per heavy atom. The molecule has 0 saturated carbocycles. The van der Waals surface area contributed by atoms with Gasteiger partial charge < -0.3 is 19.3 Å². The zero-order valence-electron chi connectivity index (χ0n) is 10.4. The Bertz CT molecular complexity index is 449. The maximum absolute atomic E-state index is 11.2. The van der Waals surface area contributed by atoms with Gasteiger partial charge >= 0.3 is 11.9 Å². The molecule has 1 N–H and O–H groups in total. The molecule has 0 heterocycles. The maximum atomic E-state index is 11.2. The van der Waals surface area contributed by atoms with Crippen molar-refractivity contribution in [3.8, 4) is 11.5 Å². The van der Waals surface area contributed by atoms with Crippen LogP contribution < -0.4 is 9.47 Å². The highest BCUT2D eigenvalue weighted by atomic mass is 16.5. The lowest BCUT2D eigenvalue weighted by Gasteiger charge is -2.06. The van der Waals surface area contributed by atoms with Crippen molar-refractivity contribution in [1.82, 2.24) is 0 Å². The number of carbonyl (C=O) groups is 2. The van der Waals surface area contributed by atoms with E-state index in [1.807, 2.05) is 0 Å². The number of ether oxygens (including phenoxy) is 3. The second kappa shape index (κ2) is 7.88. The highest BCUT2D eigenvalue weighted by Gasteiger charge is 2.02. The molecule has 6 nitrogen and oxygen atoms in total. The Kier molecular flexibility index (Phi) is 6.11. The van der Waals surface area contributed by atoms with E-state index < -0.39 is 11.9 Å². The number of hydrogen-bond acceptors (Lipinski definition) is 5. The van der Waals surface area contributed by atoms with E-state index in [1.54, 1.807) is 31.4 Å². The molecular weight excluding hydrogens is 252 g/mol. The quantitative estimate of drug-likeness (QED) is 0.346. The van der Waals surface area contributed by atoms with Gasteiger partial charge in [-0.3, -0.25) is 0 Å². The van der Waals surface area contributed by atoms with Gasteiger partial charge in [0, 0.05) is 19.3 Å². The summed E-state index contributed by atoms with van der Waals surface area (Å²) in [5.74, 6) is -1.04. The maximum Gasteiger partial charge on any atom is 0.336 e. The largest absolute Gasteiger partial charge is 0.491 e. The SMILES string of the molecule is COCCOc1ccc(OC(=O)/C=C/C(=O)O)cc1. The van der Waals surface area contributed by atoms with E-state index in [2.05, 4.69) is 0 Å². The molecule has 0 aliphatic carbocycles. The second-order valence-electron chi connectivity index (χ2n) is 3.41. The minimum Gasteiger partial charge on any atom is -0.491 e. The molecule has 0 aliphatic rings. The van der Waals surface area contributed by atoms with Crippen molar-refractivity contribution in [3.63, 3.8) is 0 Å². The highest BCUT2D eigenvalue weighted by Crippen LogP contribution is 2.17. The fourth-order valence-corrected chi connectivity index (χ4v) is 1.14. The normalized spacial score (nSPS) is 10.4. The third-order valence-electron chi connectivity index (χ3n) is 1.96. The number of benzene rings is 1. The molecule has 0 fully saturated rings. The van der Waals surface area contributed by atoms with Crippen LogP contribution in [-0.4, -0.2) is 37.4 Å². The lowest BCUT2D eigenvalue weighted by Crippen LogP contribution is -2.06. The number of rotatable bonds is 7. The molecule has 0 amide bonds. The third-order valence-corrected chi connectivity index (χ3v) is 1.96. The fourth-order valence-electron chi connectivity index (χ4n) is 1.14. The molecule has 6 heteroatoms. The van der Waals surface area contributed by atoms with E-state index in [9.17, 15) is 9.59 Å². The molecule has 0 bridgehead atoms. The summed E-state index contributed by atoms with van der Waals surface area (Å²) in [5.41, 5.74) is 0. The zero-order valence-corrected chi connectivity index (χ0v) is 10.4. The van der Waals surface area contributed by atoms with Gasteiger partial charge in [0.15, 0.2) is 0 Å². The van der Waals surface area contributed by atoms with Crippen molar-refractivity contribution in [2.75, 3.05) is 20.3 Å². The van der Waals surface area contributed by atoms with Crippen molar-refractivity contribution in [2.45, 2.75) is 0 Å². The molecule has 1 aromatic rings. The molecule has 0 atom stereocenters. The van der Waals surface area contributed by atoms with Crippen LogP contribution in [-0.2, 0) is 14.3 Å². The van der Waals surface area contributed by atoms with Crippen molar-refractivity contribution in [1.29, 1.82) is 0 Å². The summed E-state index contributed by atoms with van der Waals surface area (Å²) < 4.78 is 15.0. The third kappa shape index (κ3) is 6.23. The van der Waals surface area contributed by atoms with E-state index >= 15 is 0 Å². The smallest absolute Gasteiger partial charge is 0.336 e. The Balaban J connectivity index is 2.47. The van der Waals surface area contributed by atoms with Crippen molar-refractivity contribution in [3.05, 3.63) is 36.4 Å². The van der Waals surface area contributed by atoms with Gasteiger partial charge in [0.25, 0.3) is 0 Å². The van der Waals surface area contributed by atoms with Crippen LogP contribution >= 0.6 is 0 Å². The Hall–Kier alpha value is -2.34. The summed E-state index contributed by atoms with van der Waals surface area (Å²) in [6, 6.07) is 6.38. The van der Waals surface area contributed by atoms with Crippen LogP contribution in [0.2, 0.25) is 0 Å². The summed E-state index contributed by atoms with van der Waals surface area (Å²) in [7, 11) is 1.58. The summed E-state index contributed by atoms with van der Waals surface area (Å²) in [4.78, 5) is 21.4. The molecule has 0 saturated heterocycles. The molecule has 0 aromatic heterocycles. The van der Waals surface area contributed by atoms with Crippen LogP contribution in [0.5, 0.6) is 11.5 Å². The predicted molar refractivity (Wildman–Crippen MR) is 66.2 cm³/mol. The van der Waals surface area contributed by atoms with Crippen molar-refractivity contribution in [2.24, 2.45) is 0 Å². The molecule has 1 rings (SSSR count). The number of carboxylic acid groups (broad SMARTS) is 1. The Morgan fingerprint density at radius 1 is 1.11 bits per heavy atom. The number of esters is 1. The van der Waals surface area contributed by atoms with Gasteiger partial charge in [0.05, 0.1) is 6.61 Å². The van der Waals surface area contributed by atoms with Gasteiger partial charge in [-0.15, -0.1) is 0 Å². The van der Waals surface area contributed by atoms with E-state index in [4.69, 9.17) is 19.3 Å². The minimum atomic E-state index is -1.21. The summed E-state index contributed by atoms with van der Waals surface area (Å²) in [6.07, 6.45) is 1.55. The minimum absolute atomic E-state index is 0.305. The fraction of sp³-hybridized carbons (Fsp3) is 0.231. The second-order valence-corrected chi connectivity index (χ2v) is 3.41.